The summed E-state index contributed by atoms with van der Waals surface area (Å²) in [6.45, 7) is 2.23. The van der Waals surface area contributed by atoms with Crippen LogP contribution in [0.3, 0.4) is 0 Å². The zero-order chi connectivity index (χ0) is 13.9. The van der Waals surface area contributed by atoms with Crippen molar-refractivity contribution in [3.63, 3.8) is 0 Å². The van der Waals surface area contributed by atoms with Gasteiger partial charge in [-0.25, -0.2) is 4.98 Å². The molecule has 3 rings (SSSR count). The number of nitrogens with zero attached hydrogens (tertiary/aromatic N) is 2. The monoisotopic (exact) mass is 265 g/mol. The Balaban J connectivity index is 1.78. The number of hydrogen-bond donors (Lipinski definition) is 1. The van der Waals surface area contributed by atoms with E-state index in [0.29, 0.717) is 0 Å². The van der Waals surface area contributed by atoms with E-state index in [1.54, 1.807) is 6.33 Å². The van der Waals surface area contributed by atoms with Gasteiger partial charge in [0.25, 0.3) is 0 Å². The van der Waals surface area contributed by atoms with Crippen molar-refractivity contribution in [3.8, 4) is 0 Å². The van der Waals surface area contributed by atoms with Crippen molar-refractivity contribution in [2.45, 2.75) is 13.5 Å². The van der Waals surface area contributed by atoms with Gasteiger partial charge in [-0.3, -0.25) is 4.79 Å². The maximum absolute atomic E-state index is 12.1. The van der Waals surface area contributed by atoms with Crippen LogP contribution in [0.15, 0.2) is 54.9 Å². The van der Waals surface area contributed by atoms with Gasteiger partial charge in [0.05, 0.1) is 17.4 Å². The van der Waals surface area contributed by atoms with E-state index in [1.165, 1.54) is 0 Å². The molecule has 0 unspecified atom stereocenters. The summed E-state index contributed by atoms with van der Waals surface area (Å²) in [7, 11) is 0. The van der Waals surface area contributed by atoms with Crippen molar-refractivity contribution in [2.75, 3.05) is 5.32 Å². The number of benzene rings is 2. The minimum atomic E-state index is -0.0533. The fourth-order valence-electron chi connectivity index (χ4n) is 2.19. The number of fused-ring (bicyclic) bond motifs is 1. The molecule has 1 aromatic heterocycles. The predicted molar refractivity (Wildman–Crippen MR) is 79.5 cm³/mol. The van der Waals surface area contributed by atoms with Crippen LogP contribution in [0, 0.1) is 6.92 Å². The summed E-state index contributed by atoms with van der Waals surface area (Å²) >= 11 is 0. The molecule has 0 spiro atoms. The molecule has 0 aliphatic carbocycles. The molecule has 0 atom stereocenters. The van der Waals surface area contributed by atoms with Gasteiger partial charge in [-0.15, -0.1) is 0 Å². The molecule has 2 aromatic carbocycles. The van der Waals surface area contributed by atoms with Gasteiger partial charge in [0, 0.05) is 5.69 Å². The first kappa shape index (κ1) is 12.4. The Morgan fingerprint density at radius 3 is 2.75 bits per heavy atom. The molecule has 0 saturated carbocycles. The highest BCUT2D eigenvalue weighted by atomic mass is 16.1. The highest BCUT2D eigenvalue weighted by Crippen LogP contribution is 2.14. The van der Waals surface area contributed by atoms with Crippen molar-refractivity contribution in [3.05, 3.63) is 60.4 Å². The van der Waals surface area contributed by atoms with Gasteiger partial charge in [-0.1, -0.05) is 30.3 Å². The SMILES string of the molecule is Cc1ccccc1NC(=O)Cn1cnc2ccccc21. The molecule has 0 saturated heterocycles. The molecular weight excluding hydrogens is 250 g/mol. The fourth-order valence-corrected chi connectivity index (χ4v) is 2.19. The zero-order valence-electron chi connectivity index (χ0n) is 11.2. The molecule has 4 nitrogen and oxygen atoms in total. The summed E-state index contributed by atoms with van der Waals surface area (Å²) in [5, 5.41) is 2.93. The minimum Gasteiger partial charge on any atom is -0.324 e. The number of carbonyl (C=O) groups is 1. The van der Waals surface area contributed by atoms with Gasteiger partial charge in [0.1, 0.15) is 6.54 Å². The summed E-state index contributed by atoms with van der Waals surface area (Å²) in [5.74, 6) is -0.0533. The van der Waals surface area contributed by atoms with Gasteiger partial charge in [0.15, 0.2) is 0 Å². The summed E-state index contributed by atoms with van der Waals surface area (Å²) < 4.78 is 1.85. The lowest BCUT2D eigenvalue weighted by atomic mass is 10.2. The van der Waals surface area contributed by atoms with Crippen molar-refractivity contribution < 1.29 is 4.79 Å². The second kappa shape index (κ2) is 5.17. The van der Waals surface area contributed by atoms with E-state index in [-0.39, 0.29) is 12.5 Å². The molecule has 1 N–H and O–H groups in total. The third kappa shape index (κ3) is 2.40. The smallest absolute Gasteiger partial charge is 0.244 e. The minimum absolute atomic E-state index is 0.0533. The number of carbonyl (C=O) groups excluding carboxylic acids is 1. The van der Waals surface area contributed by atoms with E-state index >= 15 is 0 Å². The van der Waals surface area contributed by atoms with Gasteiger partial charge < -0.3 is 9.88 Å². The molecule has 1 amide bonds. The number of aryl methyl sites for hydroxylation is 1. The van der Waals surface area contributed by atoms with Crippen LogP contribution in [0.1, 0.15) is 5.56 Å². The number of hydrogen-bond acceptors (Lipinski definition) is 2. The van der Waals surface area contributed by atoms with Gasteiger partial charge in [0.2, 0.25) is 5.91 Å². The van der Waals surface area contributed by atoms with Gasteiger partial charge >= 0.3 is 0 Å². The molecule has 0 aliphatic heterocycles. The van der Waals surface area contributed by atoms with Crippen molar-refractivity contribution >= 4 is 22.6 Å². The number of amides is 1. The number of para-hydroxylation sites is 3. The Morgan fingerprint density at radius 2 is 1.90 bits per heavy atom. The van der Waals surface area contributed by atoms with Gasteiger partial charge in [-0.05, 0) is 30.7 Å². The lowest BCUT2D eigenvalue weighted by Gasteiger charge is -2.09. The standard InChI is InChI=1S/C16H15N3O/c1-12-6-2-3-7-13(12)18-16(20)10-19-11-17-14-8-4-5-9-15(14)19/h2-9,11H,10H2,1H3,(H,18,20). The predicted octanol–water partition coefficient (Wildman–Crippen LogP) is 2.98. The molecule has 0 fully saturated rings. The summed E-state index contributed by atoms with van der Waals surface area (Å²) in [5.41, 5.74) is 3.77. The molecule has 20 heavy (non-hydrogen) atoms. The molecule has 0 bridgehead atoms. The summed E-state index contributed by atoms with van der Waals surface area (Å²) in [6.07, 6.45) is 1.70. The topological polar surface area (TPSA) is 46.9 Å². The maximum Gasteiger partial charge on any atom is 0.244 e. The largest absolute Gasteiger partial charge is 0.324 e. The molecule has 0 radical (unpaired) electrons. The normalized spacial score (nSPS) is 10.7. The number of rotatable bonds is 3. The van der Waals surface area contributed by atoms with Crippen molar-refractivity contribution in [1.29, 1.82) is 0 Å². The highest BCUT2D eigenvalue weighted by molar-refractivity contribution is 5.92. The first-order chi connectivity index (χ1) is 9.74. The molecular formula is C16H15N3O. The zero-order valence-corrected chi connectivity index (χ0v) is 11.2. The average Bonchev–Trinajstić information content (AvgIpc) is 2.85. The molecule has 3 aromatic rings. The van der Waals surface area contributed by atoms with E-state index in [2.05, 4.69) is 10.3 Å². The lowest BCUT2D eigenvalue weighted by Crippen LogP contribution is -2.18. The van der Waals surface area contributed by atoms with E-state index in [0.717, 1.165) is 22.3 Å². The fraction of sp³-hybridized carbons (Fsp3) is 0.125. The van der Waals surface area contributed by atoms with Crippen LogP contribution in [0.2, 0.25) is 0 Å². The average molecular weight is 265 g/mol. The second-order valence-corrected chi connectivity index (χ2v) is 4.72. The van der Waals surface area contributed by atoms with Crippen LogP contribution in [0.4, 0.5) is 5.69 Å². The Hall–Kier alpha value is -2.62. The Labute approximate surface area is 117 Å². The number of aromatic nitrogens is 2. The van der Waals surface area contributed by atoms with Gasteiger partial charge in [-0.2, -0.15) is 0 Å². The van der Waals surface area contributed by atoms with Crippen LogP contribution in [0.5, 0.6) is 0 Å². The Kier molecular flexibility index (Phi) is 3.21. The van der Waals surface area contributed by atoms with E-state index in [1.807, 2.05) is 60.0 Å². The third-order valence-electron chi connectivity index (χ3n) is 3.26. The van der Waals surface area contributed by atoms with E-state index < -0.39 is 0 Å². The van der Waals surface area contributed by atoms with Crippen LogP contribution in [0.25, 0.3) is 11.0 Å². The van der Waals surface area contributed by atoms with Crippen LogP contribution < -0.4 is 5.32 Å². The Bertz CT molecular complexity index is 761. The lowest BCUT2D eigenvalue weighted by molar-refractivity contribution is -0.116. The molecule has 4 heteroatoms. The second-order valence-electron chi connectivity index (χ2n) is 4.72. The van der Waals surface area contributed by atoms with Crippen LogP contribution in [-0.2, 0) is 11.3 Å². The molecule has 0 aliphatic rings. The van der Waals surface area contributed by atoms with Crippen LogP contribution >= 0.6 is 0 Å². The van der Waals surface area contributed by atoms with Crippen molar-refractivity contribution in [1.82, 2.24) is 9.55 Å². The quantitative estimate of drug-likeness (QED) is 0.791. The first-order valence-electron chi connectivity index (χ1n) is 6.49. The highest BCUT2D eigenvalue weighted by Gasteiger charge is 2.08. The number of anilines is 1. The number of imidazole rings is 1. The molecule has 100 valence electrons. The maximum atomic E-state index is 12.1. The first-order valence-corrected chi connectivity index (χ1v) is 6.49. The van der Waals surface area contributed by atoms with E-state index in [9.17, 15) is 4.79 Å². The van der Waals surface area contributed by atoms with Crippen molar-refractivity contribution in [2.24, 2.45) is 0 Å². The summed E-state index contributed by atoms with van der Waals surface area (Å²) in [4.78, 5) is 16.4. The van der Waals surface area contributed by atoms with Crippen LogP contribution in [-0.4, -0.2) is 15.5 Å². The Morgan fingerprint density at radius 1 is 1.15 bits per heavy atom. The number of nitrogens with one attached hydrogen (secondary N) is 1. The van der Waals surface area contributed by atoms with E-state index in [4.69, 9.17) is 0 Å². The molecule has 1 heterocycles. The summed E-state index contributed by atoms with van der Waals surface area (Å²) in [6, 6.07) is 15.5. The third-order valence-corrected chi connectivity index (χ3v) is 3.26.